The standard InChI is InChI=1S/C40H49Cl3N2O6/c1-26-21-35(42)37(36(43)22-26)50-20-19-49-32-14-9-28(10-15-32)33-16-17-44(39(47)51-40(2,3)4)25-34(33)38(46)45(31-12-13-31)24-29-23-30(41)11-8-27(29)7-6-18-48-5/h8-11,14-15,21-23,31,33-34H,6-7,12-13,16-20,24-25H2,1-5H3/t33-,34+/m1/s1. The summed E-state index contributed by atoms with van der Waals surface area (Å²) in [5.41, 5.74) is 3.55. The van der Waals surface area contributed by atoms with Gasteiger partial charge in [0, 0.05) is 44.4 Å². The van der Waals surface area contributed by atoms with Gasteiger partial charge in [0.2, 0.25) is 5.91 Å². The monoisotopic (exact) mass is 758 g/mol. The zero-order chi connectivity index (χ0) is 36.7. The molecule has 5 rings (SSSR count). The normalized spacial score (nSPS) is 17.6. The van der Waals surface area contributed by atoms with E-state index in [1.54, 1.807) is 24.1 Å². The number of piperidine rings is 1. The number of rotatable bonds is 14. The Morgan fingerprint density at radius 1 is 0.882 bits per heavy atom. The molecule has 2 amide bonds. The minimum Gasteiger partial charge on any atom is -0.490 e. The number of aryl methyl sites for hydroxylation is 2. The number of hydrogen-bond acceptors (Lipinski definition) is 6. The fourth-order valence-electron chi connectivity index (χ4n) is 6.59. The van der Waals surface area contributed by atoms with Crippen molar-refractivity contribution in [3.8, 4) is 11.5 Å². The maximum Gasteiger partial charge on any atom is 0.410 e. The first kappa shape index (κ1) is 39.0. The van der Waals surface area contributed by atoms with Crippen molar-refractivity contribution in [1.82, 2.24) is 9.80 Å². The molecule has 1 aliphatic heterocycles. The van der Waals surface area contributed by atoms with Gasteiger partial charge in [-0.2, -0.15) is 0 Å². The van der Waals surface area contributed by atoms with Crippen molar-refractivity contribution in [3.05, 3.63) is 91.9 Å². The molecule has 0 aromatic heterocycles. The predicted molar refractivity (Wildman–Crippen MR) is 203 cm³/mol. The van der Waals surface area contributed by atoms with Gasteiger partial charge in [0.25, 0.3) is 0 Å². The number of methoxy groups -OCH3 is 1. The number of benzene rings is 3. The SMILES string of the molecule is COCCCc1ccc(Cl)cc1CN(C(=O)[C@H]1CN(C(=O)OC(C)(C)C)CC[C@@H]1c1ccc(OCCOc2c(Cl)cc(C)cc2Cl)cc1)C1CC1. The van der Waals surface area contributed by atoms with Crippen LogP contribution in [0.3, 0.4) is 0 Å². The molecule has 1 saturated heterocycles. The lowest BCUT2D eigenvalue weighted by atomic mass is 9.79. The fraction of sp³-hybridized carbons (Fsp3) is 0.500. The van der Waals surface area contributed by atoms with Crippen LogP contribution in [0.5, 0.6) is 11.5 Å². The van der Waals surface area contributed by atoms with Crippen LogP contribution in [0.1, 0.15) is 74.6 Å². The maximum atomic E-state index is 14.7. The van der Waals surface area contributed by atoms with Gasteiger partial charge < -0.3 is 28.7 Å². The Balaban J connectivity index is 1.32. The minimum absolute atomic E-state index is 0.0458. The fourth-order valence-corrected chi connectivity index (χ4v) is 7.49. The van der Waals surface area contributed by atoms with Crippen LogP contribution >= 0.6 is 34.8 Å². The van der Waals surface area contributed by atoms with Crippen LogP contribution in [0.4, 0.5) is 4.79 Å². The summed E-state index contributed by atoms with van der Waals surface area (Å²) in [6.45, 7) is 9.93. The average molecular weight is 760 g/mol. The number of likely N-dealkylation sites (tertiary alicyclic amines) is 1. The first-order chi connectivity index (χ1) is 24.3. The van der Waals surface area contributed by atoms with E-state index in [2.05, 4.69) is 6.07 Å². The van der Waals surface area contributed by atoms with Gasteiger partial charge in [0.05, 0.1) is 16.0 Å². The molecule has 276 valence electrons. The molecule has 1 heterocycles. The molecule has 1 saturated carbocycles. The zero-order valence-corrected chi connectivity index (χ0v) is 32.5. The summed E-state index contributed by atoms with van der Waals surface area (Å²) < 4.78 is 22.8. The molecule has 0 N–H and O–H groups in total. The Labute approximate surface area is 317 Å². The summed E-state index contributed by atoms with van der Waals surface area (Å²) in [6, 6.07) is 17.6. The second-order valence-electron chi connectivity index (χ2n) is 14.5. The van der Waals surface area contributed by atoms with E-state index in [-0.39, 0.29) is 31.0 Å². The smallest absolute Gasteiger partial charge is 0.410 e. The second-order valence-corrected chi connectivity index (χ2v) is 15.7. The lowest BCUT2D eigenvalue weighted by Crippen LogP contribution is -2.51. The first-order valence-electron chi connectivity index (χ1n) is 17.7. The predicted octanol–water partition coefficient (Wildman–Crippen LogP) is 9.52. The third kappa shape index (κ3) is 10.9. The molecular weight excluding hydrogens is 711 g/mol. The summed E-state index contributed by atoms with van der Waals surface area (Å²) >= 11 is 19.1. The van der Waals surface area contributed by atoms with E-state index in [4.69, 9.17) is 53.8 Å². The van der Waals surface area contributed by atoms with E-state index in [9.17, 15) is 9.59 Å². The molecule has 0 spiro atoms. The van der Waals surface area contributed by atoms with Crippen molar-refractivity contribution in [1.29, 1.82) is 0 Å². The van der Waals surface area contributed by atoms with E-state index in [1.165, 1.54) is 0 Å². The zero-order valence-electron chi connectivity index (χ0n) is 30.2. The van der Waals surface area contributed by atoms with Crippen LogP contribution < -0.4 is 9.47 Å². The van der Waals surface area contributed by atoms with E-state index in [0.29, 0.717) is 59.3 Å². The summed E-state index contributed by atoms with van der Waals surface area (Å²) in [7, 11) is 1.70. The van der Waals surface area contributed by atoms with Crippen LogP contribution in [0, 0.1) is 12.8 Å². The number of nitrogens with zero attached hydrogens (tertiary/aromatic N) is 2. The molecule has 1 aliphatic carbocycles. The van der Waals surface area contributed by atoms with Crippen LogP contribution in [0.2, 0.25) is 15.1 Å². The highest BCUT2D eigenvalue weighted by molar-refractivity contribution is 6.37. The van der Waals surface area contributed by atoms with Gasteiger partial charge in [-0.3, -0.25) is 4.79 Å². The third-order valence-corrected chi connectivity index (χ3v) is 10.0. The molecule has 2 fully saturated rings. The second kappa shape index (κ2) is 17.6. The Morgan fingerprint density at radius 2 is 1.57 bits per heavy atom. The van der Waals surface area contributed by atoms with Crippen molar-refractivity contribution >= 4 is 46.8 Å². The van der Waals surface area contributed by atoms with Gasteiger partial charge in [-0.25, -0.2) is 4.79 Å². The number of hydrogen-bond donors (Lipinski definition) is 0. The van der Waals surface area contributed by atoms with E-state index in [0.717, 1.165) is 47.9 Å². The molecule has 0 unspecified atom stereocenters. The quantitative estimate of drug-likeness (QED) is 0.153. The molecule has 3 aromatic rings. The van der Waals surface area contributed by atoms with E-state index < -0.39 is 17.6 Å². The molecule has 2 aliphatic rings. The number of ether oxygens (including phenoxy) is 4. The molecule has 2 atom stereocenters. The molecule has 0 bridgehead atoms. The van der Waals surface area contributed by atoms with Crippen LogP contribution in [0.15, 0.2) is 54.6 Å². The van der Waals surface area contributed by atoms with Crippen molar-refractivity contribution in [2.24, 2.45) is 5.92 Å². The summed E-state index contributed by atoms with van der Waals surface area (Å²) in [6.07, 6.45) is 3.85. The Bertz CT molecular complexity index is 1630. The van der Waals surface area contributed by atoms with Gasteiger partial charge in [-0.15, -0.1) is 0 Å². The maximum absolute atomic E-state index is 14.7. The number of halogens is 3. The topological polar surface area (TPSA) is 77.5 Å². The van der Waals surface area contributed by atoms with Gasteiger partial charge in [0.1, 0.15) is 24.6 Å². The summed E-state index contributed by atoms with van der Waals surface area (Å²) in [4.78, 5) is 31.7. The van der Waals surface area contributed by atoms with Gasteiger partial charge in [-0.1, -0.05) is 53.0 Å². The van der Waals surface area contributed by atoms with Gasteiger partial charge in [-0.05, 0) is 124 Å². The highest BCUT2D eigenvalue weighted by Gasteiger charge is 2.43. The Hall–Kier alpha value is -3.17. The van der Waals surface area contributed by atoms with Crippen molar-refractivity contribution in [2.75, 3.05) is 40.0 Å². The third-order valence-electron chi connectivity index (χ3n) is 9.21. The van der Waals surface area contributed by atoms with Crippen molar-refractivity contribution in [2.45, 2.75) is 83.9 Å². The minimum atomic E-state index is -0.640. The van der Waals surface area contributed by atoms with Crippen molar-refractivity contribution < 1.29 is 28.5 Å². The van der Waals surface area contributed by atoms with Crippen molar-refractivity contribution in [3.63, 3.8) is 0 Å². The summed E-state index contributed by atoms with van der Waals surface area (Å²) in [5, 5.41) is 1.56. The molecule has 3 aromatic carbocycles. The van der Waals surface area contributed by atoms with Gasteiger partial charge >= 0.3 is 6.09 Å². The molecule has 0 radical (unpaired) electrons. The average Bonchev–Trinajstić information content (AvgIpc) is 3.92. The van der Waals surface area contributed by atoms with Crippen LogP contribution in [0.25, 0.3) is 0 Å². The molecular formula is C40H49Cl3N2O6. The number of carbonyl (C=O) groups is 2. The highest BCUT2D eigenvalue weighted by Crippen LogP contribution is 2.39. The molecule has 51 heavy (non-hydrogen) atoms. The number of carbonyl (C=O) groups excluding carboxylic acids is 2. The molecule has 8 nitrogen and oxygen atoms in total. The van der Waals surface area contributed by atoms with E-state index >= 15 is 0 Å². The number of amides is 2. The summed E-state index contributed by atoms with van der Waals surface area (Å²) in [5.74, 6) is 0.617. The lowest BCUT2D eigenvalue weighted by molar-refractivity contribution is -0.139. The van der Waals surface area contributed by atoms with Crippen LogP contribution in [-0.2, 0) is 27.2 Å². The Morgan fingerprint density at radius 3 is 2.22 bits per heavy atom. The molecule has 11 heteroatoms. The van der Waals surface area contributed by atoms with Gasteiger partial charge in [0.15, 0.2) is 5.75 Å². The lowest BCUT2D eigenvalue weighted by Gasteiger charge is -2.40. The van der Waals surface area contributed by atoms with Crippen LogP contribution in [-0.4, -0.2) is 73.5 Å². The first-order valence-corrected chi connectivity index (χ1v) is 18.8. The largest absolute Gasteiger partial charge is 0.490 e. The Kier molecular flexibility index (Phi) is 13.4. The highest BCUT2D eigenvalue weighted by atomic mass is 35.5. The van der Waals surface area contributed by atoms with E-state index in [1.807, 2.05) is 69.0 Å².